The largest absolute Gasteiger partial charge is 0.191 e. The molecule has 0 radical (unpaired) electrons. The van der Waals surface area contributed by atoms with Crippen LogP contribution < -0.4 is 0 Å². The second-order valence-corrected chi connectivity index (χ2v) is 7.07. The van der Waals surface area contributed by atoms with E-state index in [9.17, 15) is 0 Å². The Labute approximate surface area is 103 Å². The van der Waals surface area contributed by atoms with Crippen molar-refractivity contribution >= 4 is 50.7 Å². The predicted octanol–water partition coefficient (Wildman–Crippen LogP) is 4.87. The van der Waals surface area contributed by atoms with Gasteiger partial charge in [0.1, 0.15) is 0 Å². The molecule has 1 rings (SSSR count). The van der Waals surface area contributed by atoms with Gasteiger partial charge in [0.05, 0.1) is 0 Å². The summed E-state index contributed by atoms with van der Waals surface area (Å²) < 4.78 is -1.13. The lowest BCUT2D eigenvalue weighted by Crippen LogP contribution is -2.21. The van der Waals surface area contributed by atoms with Crippen LogP contribution in [-0.4, -0.2) is 8.62 Å². The van der Waals surface area contributed by atoms with Crippen molar-refractivity contribution in [3.63, 3.8) is 0 Å². The van der Waals surface area contributed by atoms with Gasteiger partial charge in [0, 0.05) is 11.2 Å². The first-order valence-corrected chi connectivity index (χ1v) is 6.40. The zero-order valence-electron chi connectivity index (χ0n) is 7.15. The van der Waals surface area contributed by atoms with E-state index in [-0.39, 0.29) is 0 Å². The lowest BCUT2D eigenvalue weighted by atomic mass is 9.90. The molecule has 0 aromatic heterocycles. The molecule has 0 saturated carbocycles. The van der Waals surface area contributed by atoms with Crippen LogP contribution >= 0.6 is 50.7 Å². The Morgan fingerprint density at radius 3 is 2.54 bits per heavy atom. The summed E-state index contributed by atoms with van der Waals surface area (Å²) in [6, 6.07) is 0. The summed E-state index contributed by atoms with van der Waals surface area (Å²) in [5.74, 6) is 0.612. The van der Waals surface area contributed by atoms with E-state index in [0.717, 1.165) is 12.8 Å². The number of hydrogen-bond acceptors (Lipinski definition) is 0. The fraction of sp³-hybridized carbons (Fsp3) is 0.778. The number of rotatable bonds is 2. The molecule has 0 bridgehead atoms. The van der Waals surface area contributed by atoms with Crippen LogP contribution in [-0.2, 0) is 0 Å². The fourth-order valence-electron chi connectivity index (χ4n) is 1.53. The van der Waals surface area contributed by atoms with E-state index in [2.05, 4.69) is 28.1 Å². The van der Waals surface area contributed by atoms with Crippen LogP contribution in [0, 0.1) is 5.92 Å². The minimum absolute atomic E-state index is 0.310. The van der Waals surface area contributed by atoms with Crippen molar-refractivity contribution in [3.8, 4) is 0 Å². The maximum absolute atomic E-state index is 5.73. The molecule has 0 nitrogen and oxygen atoms in total. The second-order valence-electron chi connectivity index (χ2n) is 3.38. The first-order valence-electron chi connectivity index (χ1n) is 4.35. The Hall–Kier alpha value is 1.09. The highest BCUT2D eigenvalue weighted by Crippen LogP contribution is 2.38. The molecule has 76 valence electrons. The van der Waals surface area contributed by atoms with Crippen molar-refractivity contribution in [1.29, 1.82) is 0 Å². The highest BCUT2D eigenvalue weighted by Gasteiger charge is 2.28. The minimum Gasteiger partial charge on any atom is -0.0886 e. The van der Waals surface area contributed by atoms with Gasteiger partial charge >= 0.3 is 0 Å². The summed E-state index contributed by atoms with van der Waals surface area (Å²) in [7, 11) is 0. The average Bonchev–Trinajstić information content (AvgIpc) is 2.03. The Kier molecular flexibility index (Phi) is 4.91. The summed E-state index contributed by atoms with van der Waals surface area (Å²) in [5, 5.41) is 0. The Morgan fingerprint density at radius 1 is 1.38 bits per heavy atom. The van der Waals surface area contributed by atoms with Crippen LogP contribution in [0.1, 0.15) is 25.7 Å². The minimum atomic E-state index is -1.13. The zero-order valence-corrected chi connectivity index (χ0v) is 11.0. The van der Waals surface area contributed by atoms with Crippen LogP contribution in [0.25, 0.3) is 0 Å². The molecule has 2 atom stereocenters. The first kappa shape index (κ1) is 12.2. The summed E-state index contributed by atoms with van der Waals surface area (Å²) in [6.45, 7) is 0. The SMILES string of the molecule is ClC(Cl)(Cl)CC(Br)C1CC=CCC1. The molecule has 0 saturated heterocycles. The molecule has 0 aromatic carbocycles. The molecule has 0 heterocycles. The van der Waals surface area contributed by atoms with Gasteiger partial charge in [-0.1, -0.05) is 62.9 Å². The summed E-state index contributed by atoms with van der Waals surface area (Å²) in [6.07, 6.45) is 8.43. The number of alkyl halides is 4. The van der Waals surface area contributed by atoms with E-state index in [1.54, 1.807) is 0 Å². The Morgan fingerprint density at radius 2 is 2.08 bits per heavy atom. The third-order valence-corrected chi connectivity index (χ3v) is 3.78. The van der Waals surface area contributed by atoms with Crippen LogP contribution in [0.2, 0.25) is 0 Å². The van der Waals surface area contributed by atoms with Gasteiger partial charge in [-0.3, -0.25) is 0 Å². The molecule has 1 aliphatic carbocycles. The molecule has 2 unspecified atom stereocenters. The van der Waals surface area contributed by atoms with Crippen molar-refractivity contribution in [2.45, 2.75) is 34.3 Å². The summed E-state index contributed by atoms with van der Waals surface area (Å²) in [4.78, 5) is 0.310. The van der Waals surface area contributed by atoms with Gasteiger partial charge in [-0.15, -0.1) is 0 Å². The van der Waals surface area contributed by atoms with Gasteiger partial charge in [-0.25, -0.2) is 0 Å². The van der Waals surface area contributed by atoms with Gasteiger partial charge in [0.2, 0.25) is 0 Å². The van der Waals surface area contributed by atoms with Gasteiger partial charge in [-0.05, 0) is 25.2 Å². The lowest BCUT2D eigenvalue weighted by Gasteiger charge is -2.25. The third kappa shape index (κ3) is 4.92. The monoisotopic (exact) mass is 304 g/mol. The van der Waals surface area contributed by atoms with Gasteiger partial charge < -0.3 is 0 Å². The molecule has 4 heteroatoms. The topological polar surface area (TPSA) is 0 Å². The Bertz CT molecular complexity index is 186. The molecule has 0 aromatic rings. The molecule has 0 N–H and O–H groups in total. The standard InChI is InChI=1S/C9H12BrCl3/c10-8(6-9(11,12)13)7-4-2-1-3-5-7/h1-2,7-8H,3-6H2. The number of allylic oxidation sites excluding steroid dienone is 2. The first-order chi connectivity index (χ1) is 5.99. The molecule has 0 aliphatic heterocycles. The predicted molar refractivity (Wildman–Crippen MR) is 64.1 cm³/mol. The van der Waals surface area contributed by atoms with Crippen molar-refractivity contribution in [1.82, 2.24) is 0 Å². The molecule has 0 fully saturated rings. The average molecular weight is 306 g/mol. The summed E-state index contributed by atoms with van der Waals surface area (Å²) >= 11 is 20.8. The molecular weight excluding hydrogens is 294 g/mol. The van der Waals surface area contributed by atoms with Crippen LogP contribution in [0.4, 0.5) is 0 Å². The molecule has 0 spiro atoms. The van der Waals surface area contributed by atoms with Crippen LogP contribution in [0.15, 0.2) is 12.2 Å². The molecular formula is C9H12BrCl3. The van der Waals surface area contributed by atoms with Crippen molar-refractivity contribution in [3.05, 3.63) is 12.2 Å². The molecule has 1 aliphatic rings. The number of halogens is 4. The van der Waals surface area contributed by atoms with Crippen molar-refractivity contribution < 1.29 is 0 Å². The second kappa shape index (κ2) is 5.25. The van der Waals surface area contributed by atoms with Crippen molar-refractivity contribution in [2.75, 3.05) is 0 Å². The van der Waals surface area contributed by atoms with E-state index in [1.165, 1.54) is 6.42 Å². The van der Waals surface area contributed by atoms with Crippen LogP contribution in [0.5, 0.6) is 0 Å². The van der Waals surface area contributed by atoms with Crippen LogP contribution in [0.3, 0.4) is 0 Å². The van der Waals surface area contributed by atoms with Gasteiger partial charge in [-0.2, -0.15) is 0 Å². The third-order valence-electron chi connectivity index (χ3n) is 2.25. The highest BCUT2D eigenvalue weighted by molar-refractivity contribution is 9.09. The van der Waals surface area contributed by atoms with Crippen molar-refractivity contribution in [2.24, 2.45) is 5.92 Å². The van der Waals surface area contributed by atoms with E-state index in [1.807, 2.05) is 0 Å². The maximum atomic E-state index is 5.73. The quantitative estimate of drug-likeness (QED) is 0.504. The number of hydrogen-bond donors (Lipinski definition) is 0. The fourth-order valence-corrected chi connectivity index (χ4v) is 3.56. The van der Waals surface area contributed by atoms with Gasteiger partial charge in [0.25, 0.3) is 0 Å². The smallest absolute Gasteiger partial charge is 0.0886 e. The highest BCUT2D eigenvalue weighted by atomic mass is 79.9. The molecule has 13 heavy (non-hydrogen) atoms. The van der Waals surface area contributed by atoms with E-state index in [0.29, 0.717) is 17.2 Å². The van der Waals surface area contributed by atoms with E-state index in [4.69, 9.17) is 34.8 Å². The normalized spacial score (nSPS) is 26.0. The molecule has 0 amide bonds. The van der Waals surface area contributed by atoms with Gasteiger partial charge in [0.15, 0.2) is 3.79 Å². The lowest BCUT2D eigenvalue weighted by molar-refractivity contribution is 0.452. The van der Waals surface area contributed by atoms with E-state index >= 15 is 0 Å². The van der Waals surface area contributed by atoms with E-state index < -0.39 is 3.79 Å². The Balaban J connectivity index is 2.38. The summed E-state index contributed by atoms with van der Waals surface area (Å²) in [5.41, 5.74) is 0. The zero-order chi connectivity index (χ0) is 9.90. The maximum Gasteiger partial charge on any atom is 0.191 e.